The zero-order chi connectivity index (χ0) is 9.65. The van der Waals surface area contributed by atoms with Crippen LogP contribution in [0.2, 0.25) is 0 Å². The summed E-state index contributed by atoms with van der Waals surface area (Å²) in [5.41, 5.74) is 0. The van der Waals surface area contributed by atoms with Gasteiger partial charge in [0.05, 0.1) is 0 Å². The summed E-state index contributed by atoms with van der Waals surface area (Å²) in [6, 6.07) is 0. The summed E-state index contributed by atoms with van der Waals surface area (Å²) < 4.78 is 31.5. The predicted molar refractivity (Wildman–Crippen MR) is 34.4 cm³/mol. The van der Waals surface area contributed by atoms with E-state index < -0.39 is 28.5 Å². The van der Waals surface area contributed by atoms with Crippen molar-refractivity contribution in [1.82, 2.24) is 0 Å². The summed E-state index contributed by atoms with van der Waals surface area (Å²) >= 11 is -2.13. The van der Waals surface area contributed by atoms with Crippen molar-refractivity contribution in [3.63, 3.8) is 0 Å². The van der Waals surface area contributed by atoms with E-state index in [-0.39, 0.29) is 0 Å². The van der Waals surface area contributed by atoms with E-state index in [1.165, 1.54) is 0 Å². The minimum absolute atomic E-state index is 2.13. The van der Waals surface area contributed by atoms with Gasteiger partial charge < -0.3 is 9.90 Å². The molecule has 0 radical (unpaired) electrons. The van der Waals surface area contributed by atoms with Crippen LogP contribution in [0.25, 0.3) is 0 Å². The van der Waals surface area contributed by atoms with Gasteiger partial charge in [-0.05, 0) is 0 Å². The topological polar surface area (TPSA) is 40.1 Å². The van der Waals surface area contributed by atoms with Crippen LogP contribution >= 0.6 is 26.8 Å². The Hall–Kier alpha value is 0.929. The molecule has 0 atom stereocenters. The first-order valence-corrected chi connectivity index (χ1v) is 12.6. The fourth-order valence-corrected chi connectivity index (χ4v) is 0. The van der Waals surface area contributed by atoms with Gasteiger partial charge in [-0.3, -0.25) is 0 Å². The Morgan fingerprint density at radius 3 is 1.36 bits per heavy atom. The number of rotatable bonds is 0. The summed E-state index contributed by atoms with van der Waals surface area (Å²) in [7, 11) is 15.0. The molecule has 0 bridgehead atoms. The molecule has 0 rings (SSSR count). The SMILES string of the molecule is O=C([O-])C(F)(F)F.[Cl][Sn+]([Cl])[Cl]. The number of carboxylic acids is 1. The summed E-state index contributed by atoms with van der Waals surface area (Å²) in [6.07, 6.45) is -5.19. The zero-order valence-electron chi connectivity index (χ0n) is 4.58. The standard InChI is InChI=1S/C2HF3O2.3ClH.Sn/c3-2(4,5)1(6)7;;;;/h(H,6,7);3*1H;/q;;;;+4/p-4. The van der Waals surface area contributed by atoms with Crippen LogP contribution in [0.15, 0.2) is 0 Å². The Kier molecular flexibility index (Phi) is 8.47. The second kappa shape index (κ2) is 6.45. The van der Waals surface area contributed by atoms with Crippen LogP contribution in [0.5, 0.6) is 0 Å². The summed E-state index contributed by atoms with van der Waals surface area (Å²) in [4.78, 5) is 8.78. The first-order chi connectivity index (χ1) is 4.68. The molecule has 66 valence electrons. The van der Waals surface area contributed by atoms with Crippen LogP contribution in [0.4, 0.5) is 13.2 Å². The van der Waals surface area contributed by atoms with Crippen molar-refractivity contribution in [3.8, 4) is 0 Å². The van der Waals surface area contributed by atoms with E-state index in [0.29, 0.717) is 0 Å². The number of halogens is 6. The second-order valence-electron chi connectivity index (χ2n) is 1.000. The Balaban J connectivity index is 0. The molecule has 0 fully saturated rings. The maximum atomic E-state index is 10.5. The van der Waals surface area contributed by atoms with Crippen molar-refractivity contribution in [2.45, 2.75) is 6.18 Å². The molecular formula is C2Cl3F3O2Sn. The molecule has 0 aliphatic heterocycles. The molecule has 0 aliphatic rings. The number of carbonyl (C=O) groups is 1. The Morgan fingerprint density at radius 1 is 1.27 bits per heavy atom. The van der Waals surface area contributed by atoms with E-state index in [2.05, 4.69) is 0 Å². The maximum absolute atomic E-state index is 10.5. The summed E-state index contributed by atoms with van der Waals surface area (Å²) in [5, 5.41) is 8.78. The number of aliphatic carboxylic acids is 1. The van der Waals surface area contributed by atoms with Crippen molar-refractivity contribution in [3.05, 3.63) is 0 Å². The van der Waals surface area contributed by atoms with Crippen LogP contribution < -0.4 is 5.11 Å². The number of carbonyl (C=O) groups excluding carboxylic acids is 1. The van der Waals surface area contributed by atoms with Crippen molar-refractivity contribution in [1.29, 1.82) is 0 Å². The van der Waals surface area contributed by atoms with Crippen molar-refractivity contribution in [2.24, 2.45) is 0 Å². The second-order valence-corrected chi connectivity index (χ2v) is 13.7. The zero-order valence-corrected chi connectivity index (χ0v) is 9.71. The quantitative estimate of drug-likeness (QED) is 0.618. The number of hydrogen-bond acceptors (Lipinski definition) is 2. The first-order valence-electron chi connectivity index (χ1n) is 1.79. The Labute approximate surface area is 78.1 Å². The van der Waals surface area contributed by atoms with Gasteiger partial charge >= 0.3 is 49.3 Å². The molecule has 11 heavy (non-hydrogen) atoms. The normalized spacial score (nSPS) is 9.64. The van der Waals surface area contributed by atoms with Gasteiger partial charge in [-0.1, -0.05) is 0 Å². The molecule has 0 heterocycles. The third-order valence-electron chi connectivity index (χ3n) is 0.231. The molecule has 0 N–H and O–H groups in total. The van der Waals surface area contributed by atoms with Gasteiger partial charge in [0.15, 0.2) is 0 Å². The number of hydrogen-bond donors (Lipinski definition) is 0. The average molecular weight is 338 g/mol. The van der Waals surface area contributed by atoms with Crippen molar-refractivity contribution in [2.75, 3.05) is 0 Å². The third-order valence-corrected chi connectivity index (χ3v) is 0.231. The molecule has 9 heteroatoms. The third kappa shape index (κ3) is 18.1. The Bertz CT molecular complexity index is 123. The van der Waals surface area contributed by atoms with Crippen LogP contribution in [0, 0.1) is 0 Å². The van der Waals surface area contributed by atoms with E-state index in [0.717, 1.165) is 0 Å². The van der Waals surface area contributed by atoms with Crippen LogP contribution in [-0.2, 0) is 4.79 Å². The fraction of sp³-hybridized carbons (Fsp3) is 0.500. The molecular weight excluding hydrogens is 338 g/mol. The molecule has 0 aromatic carbocycles. The van der Waals surface area contributed by atoms with Gasteiger partial charge in [-0.25, -0.2) is 0 Å². The van der Waals surface area contributed by atoms with E-state index in [9.17, 15) is 13.2 Å². The first kappa shape index (κ1) is 14.5. The van der Waals surface area contributed by atoms with Gasteiger partial charge in [0.2, 0.25) is 0 Å². The van der Waals surface area contributed by atoms with E-state index in [4.69, 9.17) is 36.7 Å². The van der Waals surface area contributed by atoms with Crippen molar-refractivity contribution >= 4 is 49.1 Å². The van der Waals surface area contributed by atoms with E-state index in [1.807, 2.05) is 0 Å². The predicted octanol–water partition coefficient (Wildman–Crippen LogP) is 0.986. The molecule has 0 saturated heterocycles. The summed E-state index contributed by atoms with van der Waals surface area (Å²) in [6.45, 7) is 0. The van der Waals surface area contributed by atoms with Gasteiger partial charge in [0.25, 0.3) is 0 Å². The van der Waals surface area contributed by atoms with Crippen LogP contribution in [-0.4, -0.2) is 28.5 Å². The molecule has 0 unspecified atom stereocenters. The van der Waals surface area contributed by atoms with Crippen LogP contribution in [0.1, 0.15) is 0 Å². The van der Waals surface area contributed by atoms with Gasteiger partial charge in [0, 0.05) is 0 Å². The molecule has 0 aromatic heterocycles. The summed E-state index contributed by atoms with van der Waals surface area (Å²) in [5.74, 6) is -3.01. The van der Waals surface area contributed by atoms with E-state index in [1.54, 1.807) is 0 Å². The molecule has 0 spiro atoms. The van der Waals surface area contributed by atoms with E-state index >= 15 is 0 Å². The number of alkyl halides is 3. The van der Waals surface area contributed by atoms with Gasteiger partial charge in [-0.15, -0.1) is 0 Å². The van der Waals surface area contributed by atoms with Crippen LogP contribution in [0.3, 0.4) is 0 Å². The van der Waals surface area contributed by atoms with Crippen molar-refractivity contribution < 1.29 is 23.1 Å². The average Bonchev–Trinajstić information content (AvgIpc) is 1.59. The van der Waals surface area contributed by atoms with Gasteiger partial charge in [-0.2, -0.15) is 13.2 Å². The molecule has 0 aromatic rings. The molecule has 0 aliphatic carbocycles. The molecule has 2 nitrogen and oxygen atoms in total. The fourth-order valence-electron chi connectivity index (χ4n) is 0. The minimum atomic E-state index is -5.19. The van der Waals surface area contributed by atoms with Gasteiger partial charge in [0.1, 0.15) is 5.97 Å². The Morgan fingerprint density at radius 2 is 1.36 bits per heavy atom. The monoisotopic (exact) mass is 338 g/mol. The molecule has 0 saturated carbocycles. The number of carboxylic acid groups (broad SMARTS) is 1. The molecule has 0 amide bonds.